The molecule has 3 heterocycles. The topological polar surface area (TPSA) is 137 Å². The highest BCUT2D eigenvalue weighted by molar-refractivity contribution is 5.95. The molecule has 154 valence electrons. The van der Waals surface area contributed by atoms with Crippen molar-refractivity contribution in [3.05, 3.63) is 24.1 Å². The lowest BCUT2D eigenvalue weighted by Gasteiger charge is -2.33. The first-order valence-corrected chi connectivity index (χ1v) is 9.09. The molecule has 0 aliphatic carbocycles. The molecule has 3 rings (SSSR count). The molecule has 0 atom stereocenters. The highest BCUT2D eigenvalue weighted by Gasteiger charge is 2.26. The molecular formula is C18H22N6O5. The molecule has 11 heteroatoms. The van der Waals surface area contributed by atoms with Crippen LogP contribution in [0.2, 0.25) is 0 Å². The molecule has 0 radical (unpaired) electrons. The van der Waals surface area contributed by atoms with Crippen molar-refractivity contribution in [2.45, 2.75) is 0 Å². The van der Waals surface area contributed by atoms with Crippen molar-refractivity contribution in [2.24, 2.45) is 0 Å². The lowest BCUT2D eigenvalue weighted by atomic mass is 10.3. The van der Waals surface area contributed by atoms with E-state index in [1.165, 1.54) is 13.4 Å². The van der Waals surface area contributed by atoms with E-state index in [4.69, 9.17) is 13.6 Å². The molecule has 1 fully saturated rings. The number of urea groups is 1. The number of carbonyl (C=O) groups is 2. The number of nitriles is 1. The van der Waals surface area contributed by atoms with Gasteiger partial charge in [-0.3, -0.25) is 15.0 Å². The smallest absolute Gasteiger partial charge is 0.321 e. The second-order valence-corrected chi connectivity index (χ2v) is 6.32. The highest BCUT2D eigenvalue weighted by atomic mass is 16.5. The maximum absolute atomic E-state index is 12.0. The number of amides is 3. The average molecular weight is 402 g/mol. The number of oxazole rings is 1. The van der Waals surface area contributed by atoms with Crippen LogP contribution in [0.15, 0.2) is 27.2 Å². The lowest BCUT2D eigenvalue weighted by molar-refractivity contribution is -0.121. The fourth-order valence-corrected chi connectivity index (χ4v) is 2.89. The first kappa shape index (κ1) is 20.4. The zero-order valence-corrected chi connectivity index (χ0v) is 16.0. The molecule has 1 saturated heterocycles. The number of ether oxygens (including phenoxy) is 1. The van der Waals surface area contributed by atoms with Gasteiger partial charge in [-0.2, -0.15) is 10.2 Å². The molecule has 29 heavy (non-hydrogen) atoms. The zero-order chi connectivity index (χ0) is 20.6. The molecule has 1 aliphatic heterocycles. The van der Waals surface area contributed by atoms with Gasteiger partial charge >= 0.3 is 6.03 Å². The molecule has 0 spiro atoms. The van der Waals surface area contributed by atoms with E-state index in [1.807, 2.05) is 15.9 Å². The van der Waals surface area contributed by atoms with Crippen LogP contribution in [0.4, 0.5) is 10.7 Å². The number of aromatic nitrogens is 1. The van der Waals surface area contributed by atoms with Gasteiger partial charge in [-0.05, 0) is 12.1 Å². The van der Waals surface area contributed by atoms with Crippen LogP contribution in [0.25, 0.3) is 11.7 Å². The van der Waals surface area contributed by atoms with Gasteiger partial charge in [0.1, 0.15) is 6.07 Å². The van der Waals surface area contributed by atoms with Crippen molar-refractivity contribution < 1.29 is 23.2 Å². The minimum atomic E-state index is -0.545. The van der Waals surface area contributed by atoms with Gasteiger partial charge in [0.2, 0.25) is 17.5 Å². The summed E-state index contributed by atoms with van der Waals surface area (Å²) >= 11 is 0. The van der Waals surface area contributed by atoms with Crippen LogP contribution in [-0.4, -0.2) is 74.8 Å². The van der Waals surface area contributed by atoms with Gasteiger partial charge in [0, 0.05) is 39.8 Å². The summed E-state index contributed by atoms with van der Waals surface area (Å²) in [7, 11) is 1.53. The van der Waals surface area contributed by atoms with Crippen LogP contribution >= 0.6 is 0 Å². The second kappa shape index (κ2) is 9.72. The van der Waals surface area contributed by atoms with Crippen LogP contribution in [0, 0.1) is 11.3 Å². The van der Waals surface area contributed by atoms with Crippen LogP contribution in [0.1, 0.15) is 5.69 Å². The van der Waals surface area contributed by atoms with Gasteiger partial charge in [-0.15, -0.1) is 0 Å². The molecule has 0 saturated carbocycles. The number of carbonyl (C=O) groups excluding carboxylic acids is 2. The number of methoxy groups -OCH3 is 1. The summed E-state index contributed by atoms with van der Waals surface area (Å²) in [5.74, 6) is 0.709. The minimum Gasteiger partial charge on any atom is -0.459 e. The monoisotopic (exact) mass is 402 g/mol. The third kappa shape index (κ3) is 5.34. The van der Waals surface area contributed by atoms with Crippen LogP contribution in [-0.2, 0) is 9.53 Å². The Kier molecular flexibility index (Phi) is 6.83. The van der Waals surface area contributed by atoms with E-state index in [2.05, 4.69) is 15.6 Å². The molecule has 2 aromatic rings. The standard InChI is InChI=1S/C18H22N6O5/c1-27-10-4-20-18(26)22-15(25)12-23-5-7-24(8-6-23)17-13(11-19)21-16(29-17)14-3-2-9-28-14/h2-3,9H,4-8,10,12H2,1H3,(H2,20,22,25,26). The Morgan fingerprint density at radius 3 is 2.79 bits per heavy atom. The molecule has 0 aromatic carbocycles. The Bertz CT molecular complexity index is 864. The predicted molar refractivity (Wildman–Crippen MR) is 101 cm³/mol. The third-order valence-corrected chi connectivity index (χ3v) is 4.32. The van der Waals surface area contributed by atoms with E-state index < -0.39 is 6.03 Å². The van der Waals surface area contributed by atoms with Gasteiger partial charge in [-0.25, -0.2) is 4.79 Å². The Morgan fingerprint density at radius 1 is 1.34 bits per heavy atom. The fraction of sp³-hybridized carbons (Fsp3) is 0.444. The van der Waals surface area contributed by atoms with Crippen molar-refractivity contribution in [1.82, 2.24) is 20.5 Å². The first-order chi connectivity index (χ1) is 14.1. The molecule has 2 aromatic heterocycles. The van der Waals surface area contributed by atoms with E-state index in [0.29, 0.717) is 51.0 Å². The van der Waals surface area contributed by atoms with E-state index >= 15 is 0 Å². The van der Waals surface area contributed by atoms with E-state index in [1.54, 1.807) is 12.1 Å². The second-order valence-electron chi connectivity index (χ2n) is 6.32. The van der Waals surface area contributed by atoms with E-state index in [0.717, 1.165) is 0 Å². The van der Waals surface area contributed by atoms with Gasteiger partial charge in [0.05, 0.1) is 19.4 Å². The van der Waals surface area contributed by atoms with Gasteiger partial charge in [0.25, 0.3) is 5.89 Å². The molecule has 11 nitrogen and oxygen atoms in total. The SMILES string of the molecule is COCCNC(=O)NC(=O)CN1CCN(c2oc(-c3ccco3)nc2C#N)CC1. The minimum absolute atomic E-state index is 0.102. The summed E-state index contributed by atoms with van der Waals surface area (Å²) in [6.45, 7) is 3.04. The molecule has 2 N–H and O–H groups in total. The summed E-state index contributed by atoms with van der Waals surface area (Å²) < 4.78 is 15.8. The van der Waals surface area contributed by atoms with Crippen molar-refractivity contribution in [2.75, 3.05) is 57.9 Å². The number of nitrogens with zero attached hydrogens (tertiary/aromatic N) is 4. The number of rotatable bonds is 7. The molecule has 1 aliphatic rings. The lowest BCUT2D eigenvalue weighted by Crippen LogP contribution is -2.51. The molecular weight excluding hydrogens is 380 g/mol. The Labute approximate surface area is 167 Å². The quantitative estimate of drug-likeness (QED) is 0.630. The normalized spacial score (nSPS) is 14.4. The zero-order valence-electron chi connectivity index (χ0n) is 16.0. The van der Waals surface area contributed by atoms with Crippen LogP contribution < -0.4 is 15.5 Å². The van der Waals surface area contributed by atoms with Crippen molar-refractivity contribution in [1.29, 1.82) is 5.26 Å². The van der Waals surface area contributed by atoms with Crippen molar-refractivity contribution in [3.8, 4) is 17.7 Å². The number of nitrogens with one attached hydrogen (secondary N) is 2. The number of hydrogen-bond acceptors (Lipinski definition) is 9. The molecule has 0 unspecified atom stereocenters. The molecule has 0 bridgehead atoms. The first-order valence-electron chi connectivity index (χ1n) is 9.09. The molecule has 3 amide bonds. The maximum atomic E-state index is 12.0. The average Bonchev–Trinajstić information content (AvgIpc) is 3.38. The van der Waals surface area contributed by atoms with E-state index in [9.17, 15) is 14.9 Å². The summed E-state index contributed by atoms with van der Waals surface area (Å²) in [6, 6.07) is 4.92. The van der Waals surface area contributed by atoms with E-state index in [-0.39, 0.29) is 24.0 Å². The highest BCUT2D eigenvalue weighted by Crippen LogP contribution is 2.28. The Balaban J connectivity index is 1.50. The largest absolute Gasteiger partial charge is 0.459 e. The summed E-state index contributed by atoms with van der Waals surface area (Å²) in [4.78, 5) is 31.6. The number of imide groups is 1. The predicted octanol–water partition coefficient (Wildman–Crippen LogP) is 0.400. The fourth-order valence-electron chi connectivity index (χ4n) is 2.89. The Morgan fingerprint density at radius 2 is 2.14 bits per heavy atom. The number of piperazine rings is 1. The van der Waals surface area contributed by atoms with Gasteiger partial charge in [-0.1, -0.05) is 0 Å². The Hall–Kier alpha value is -3.36. The maximum Gasteiger partial charge on any atom is 0.321 e. The van der Waals surface area contributed by atoms with Crippen LogP contribution in [0.3, 0.4) is 0 Å². The van der Waals surface area contributed by atoms with Gasteiger partial charge < -0.3 is 23.8 Å². The van der Waals surface area contributed by atoms with Gasteiger partial charge in [0.15, 0.2) is 5.76 Å². The van der Waals surface area contributed by atoms with Crippen LogP contribution in [0.5, 0.6) is 0 Å². The summed E-state index contributed by atoms with van der Waals surface area (Å²) in [6.07, 6.45) is 1.51. The number of anilines is 1. The third-order valence-electron chi connectivity index (χ3n) is 4.32. The van der Waals surface area contributed by atoms with Crippen molar-refractivity contribution in [3.63, 3.8) is 0 Å². The summed E-state index contributed by atoms with van der Waals surface area (Å²) in [5, 5.41) is 14.2. The van der Waals surface area contributed by atoms with Crippen molar-refractivity contribution >= 4 is 17.8 Å². The number of furan rings is 1. The summed E-state index contributed by atoms with van der Waals surface area (Å²) in [5.41, 5.74) is 0.190. The number of hydrogen-bond donors (Lipinski definition) is 2.